The van der Waals surface area contributed by atoms with Gasteiger partial charge >= 0.3 is 0 Å². The smallest absolute Gasteiger partial charge is 0.226 e. The maximum Gasteiger partial charge on any atom is 0.226 e. The highest BCUT2D eigenvalue weighted by Gasteiger charge is 2.42. The van der Waals surface area contributed by atoms with Crippen LogP contribution in [-0.4, -0.2) is 29.4 Å². The summed E-state index contributed by atoms with van der Waals surface area (Å²) >= 11 is 0. The molecule has 3 unspecified atom stereocenters. The predicted molar refractivity (Wildman–Crippen MR) is 81.1 cm³/mol. The molecular formula is C17H28N2O. The van der Waals surface area contributed by atoms with Crippen molar-refractivity contribution in [3.05, 3.63) is 12.2 Å². The summed E-state index contributed by atoms with van der Waals surface area (Å²) in [5.74, 6) is 1.91. The van der Waals surface area contributed by atoms with E-state index in [1.165, 1.54) is 6.42 Å². The van der Waals surface area contributed by atoms with E-state index >= 15 is 0 Å². The summed E-state index contributed by atoms with van der Waals surface area (Å²) in [6.07, 6.45) is 12.3. The quantitative estimate of drug-likeness (QED) is 0.803. The van der Waals surface area contributed by atoms with Crippen LogP contribution in [0.2, 0.25) is 0 Å². The van der Waals surface area contributed by atoms with Crippen LogP contribution in [-0.2, 0) is 4.79 Å². The first kappa shape index (κ1) is 14.1. The van der Waals surface area contributed by atoms with Gasteiger partial charge in [-0.05, 0) is 56.8 Å². The zero-order chi connectivity index (χ0) is 14.1. The van der Waals surface area contributed by atoms with Crippen LogP contribution in [0.1, 0.15) is 51.9 Å². The van der Waals surface area contributed by atoms with E-state index in [2.05, 4.69) is 24.0 Å². The van der Waals surface area contributed by atoms with Crippen LogP contribution in [0.4, 0.5) is 0 Å². The van der Waals surface area contributed by atoms with Crippen molar-refractivity contribution >= 4 is 5.91 Å². The molecule has 2 saturated carbocycles. The zero-order valence-electron chi connectivity index (χ0n) is 12.6. The molecule has 2 N–H and O–H groups in total. The van der Waals surface area contributed by atoms with Gasteiger partial charge in [-0.25, -0.2) is 0 Å². The topological polar surface area (TPSA) is 46.3 Å². The van der Waals surface area contributed by atoms with Crippen LogP contribution in [0.3, 0.4) is 0 Å². The van der Waals surface area contributed by atoms with Gasteiger partial charge in [-0.3, -0.25) is 4.79 Å². The van der Waals surface area contributed by atoms with Crippen molar-refractivity contribution in [3.8, 4) is 0 Å². The molecule has 20 heavy (non-hydrogen) atoms. The van der Waals surface area contributed by atoms with Gasteiger partial charge in [0, 0.05) is 24.5 Å². The number of carbonyl (C=O) groups is 1. The summed E-state index contributed by atoms with van der Waals surface area (Å²) in [6.45, 7) is 3.10. The van der Waals surface area contributed by atoms with Gasteiger partial charge in [-0.15, -0.1) is 0 Å². The van der Waals surface area contributed by atoms with Crippen molar-refractivity contribution < 1.29 is 4.79 Å². The molecule has 2 bridgehead atoms. The van der Waals surface area contributed by atoms with Crippen LogP contribution in [0, 0.1) is 17.8 Å². The lowest BCUT2D eigenvalue weighted by Crippen LogP contribution is -2.47. The molecule has 3 atom stereocenters. The van der Waals surface area contributed by atoms with E-state index in [1.54, 1.807) is 0 Å². The van der Waals surface area contributed by atoms with Gasteiger partial charge in [0.25, 0.3) is 0 Å². The summed E-state index contributed by atoms with van der Waals surface area (Å²) < 4.78 is 0. The fraction of sp³-hybridized carbons (Fsp3) is 0.824. The first-order valence-electron chi connectivity index (χ1n) is 8.43. The fourth-order valence-corrected chi connectivity index (χ4v) is 4.40. The number of hydrogen-bond acceptors (Lipinski definition) is 2. The minimum absolute atomic E-state index is 0.271. The predicted octanol–water partition coefficient (Wildman–Crippen LogP) is 2.71. The second kappa shape index (κ2) is 5.88. The van der Waals surface area contributed by atoms with Gasteiger partial charge in [-0.1, -0.05) is 19.1 Å². The first-order valence-corrected chi connectivity index (χ1v) is 8.43. The number of nitrogens with two attached hydrogens (primary N) is 1. The molecular weight excluding hydrogens is 248 g/mol. The number of amides is 1. The molecule has 3 rings (SSSR count). The number of rotatable bonds is 4. The molecule has 3 heteroatoms. The lowest BCUT2D eigenvalue weighted by molar-refractivity contribution is -0.139. The molecule has 112 valence electrons. The third-order valence-electron chi connectivity index (χ3n) is 5.53. The van der Waals surface area contributed by atoms with Gasteiger partial charge in [0.05, 0.1) is 0 Å². The van der Waals surface area contributed by atoms with E-state index in [0.717, 1.165) is 45.1 Å². The van der Waals surface area contributed by atoms with Crippen molar-refractivity contribution in [2.24, 2.45) is 23.5 Å². The highest BCUT2D eigenvalue weighted by Crippen LogP contribution is 2.44. The SMILES string of the molecule is CCCN(C(=O)C1CC2C=CC1C2)C1CCC(N)CC1. The Balaban J connectivity index is 1.67. The Morgan fingerprint density at radius 1 is 1.20 bits per heavy atom. The van der Waals surface area contributed by atoms with Gasteiger partial charge in [0.1, 0.15) is 0 Å². The van der Waals surface area contributed by atoms with Gasteiger partial charge < -0.3 is 10.6 Å². The number of hydrogen-bond donors (Lipinski definition) is 1. The van der Waals surface area contributed by atoms with E-state index in [9.17, 15) is 4.79 Å². The van der Waals surface area contributed by atoms with E-state index in [4.69, 9.17) is 5.73 Å². The Kier molecular flexibility index (Phi) is 4.16. The third kappa shape index (κ3) is 2.65. The Labute approximate surface area is 122 Å². The summed E-state index contributed by atoms with van der Waals surface area (Å²) in [5.41, 5.74) is 6.01. The Hall–Kier alpha value is -0.830. The second-order valence-electron chi connectivity index (χ2n) is 6.99. The van der Waals surface area contributed by atoms with Gasteiger partial charge in [0.15, 0.2) is 0 Å². The molecule has 0 aromatic heterocycles. The minimum atomic E-state index is 0.271. The second-order valence-corrected chi connectivity index (χ2v) is 6.99. The summed E-state index contributed by atoms with van der Waals surface area (Å²) in [4.78, 5) is 15.2. The van der Waals surface area contributed by atoms with E-state index in [0.29, 0.717) is 29.8 Å². The molecule has 1 amide bonds. The van der Waals surface area contributed by atoms with Crippen molar-refractivity contribution in [2.75, 3.05) is 6.54 Å². The third-order valence-corrected chi connectivity index (χ3v) is 5.53. The van der Waals surface area contributed by atoms with Crippen molar-refractivity contribution in [3.63, 3.8) is 0 Å². The Bertz CT molecular complexity index is 384. The molecule has 0 heterocycles. The molecule has 3 aliphatic rings. The molecule has 0 radical (unpaired) electrons. The van der Waals surface area contributed by atoms with E-state index < -0.39 is 0 Å². The summed E-state index contributed by atoms with van der Waals surface area (Å²) in [5, 5.41) is 0. The van der Waals surface area contributed by atoms with Crippen LogP contribution in [0.5, 0.6) is 0 Å². The molecule has 3 aliphatic carbocycles. The zero-order valence-corrected chi connectivity index (χ0v) is 12.6. The highest BCUT2D eigenvalue weighted by molar-refractivity contribution is 5.80. The van der Waals surface area contributed by atoms with Crippen LogP contribution >= 0.6 is 0 Å². The lowest BCUT2D eigenvalue weighted by Gasteiger charge is -2.38. The number of nitrogens with zero attached hydrogens (tertiary/aromatic N) is 1. The van der Waals surface area contributed by atoms with E-state index in [1.807, 2.05) is 0 Å². The van der Waals surface area contributed by atoms with Gasteiger partial charge in [0.2, 0.25) is 5.91 Å². The minimum Gasteiger partial charge on any atom is -0.339 e. The Morgan fingerprint density at radius 2 is 1.95 bits per heavy atom. The standard InChI is InChI=1S/C17H28N2O/c1-2-9-19(15-7-5-14(18)6-8-15)17(20)16-11-12-3-4-13(16)10-12/h3-4,12-16H,2,5-11,18H2,1H3. The molecule has 2 fully saturated rings. The van der Waals surface area contributed by atoms with Crippen molar-refractivity contribution in [1.82, 2.24) is 4.90 Å². The highest BCUT2D eigenvalue weighted by atomic mass is 16.2. The van der Waals surface area contributed by atoms with E-state index in [-0.39, 0.29) is 5.92 Å². The van der Waals surface area contributed by atoms with Crippen LogP contribution < -0.4 is 5.73 Å². The monoisotopic (exact) mass is 276 g/mol. The maximum atomic E-state index is 13.0. The normalized spacial score (nSPS) is 39.2. The lowest BCUT2D eigenvalue weighted by atomic mass is 9.87. The van der Waals surface area contributed by atoms with Crippen LogP contribution in [0.15, 0.2) is 12.2 Å². The average molecular weight is 276 g/mol. The first-order chi connectivity index (χ1) is 9.69. The molecule has 0 aromatic rings. The number of fused-ring (bicyclic) bond motifs is 2. The summed E-state index contributed by atoms with van der Waals surface area (Å²) in [6, 6.07) is 0.806. The van der Waals surface area contributed by atoms with Gasteiger partial charge in [-0.2, -0.15) is 0 Å². The number of carbonyl (C=O) groups excluding carboxylic acids is 1. The molecule has 0 saturated heterocycles. The van der Waals surface area contributed by atoms with Crippen LogP contribution in [0.25, 0.3) is 0 Å². The average Bonchev–Trinajstić information content (AvgIpc) is 3.08. The number of allylic oxidation sites excluding steroid dienone is 2. The molecule has 0 aliphatic heterocycles. The molecule has 0 aromatic carbocycles. The van der Waals surface area contributed by atoms with Crippen molar-refractivity contribution in [2.45, 2.75) is 64.0 Å². The Morgan fingerprint density at radius 3 is 2.50 bits per heavy atom. The van der Waals surface area contributed by atoms with Crippen molar-refractivity contribution in [1.29, 1.82) is 0 Å². The molecule has 0 spiro atoms. The fourth-order valence-electron chi connectivity index (χ4n) is 4.40. The largest absolute Gasteiger partial charge is 0.339 e. The maximum absolute atomic E-state index is 13.0. The summed E-state index contributed by atoms with van der Waals surface area (Å²) in [7, 11) is 0. The molecule has 3 nitrogen and oxygen atoms in total.